The molecule has 1 fully saturated rings. The van der Waals surface area contributed by atoms with Crippen LogP contribution in [-0.2, 0) is 30.6 Å². The Bertz CT molecular complexity index is 1780. The third kappa shape index (κ3) is 7.58. The van der Waals surface area contributed by atoms with Crippen molar-refractivity contribution in [3.05, 3.63) is 48.8 Å². The van der Waals surface area contributed by atoms with E-state index in [1.807, 2.05) is 78.2 Å². The van der Waals surface area contributed by atoms with Crippen LogP contribution in [0, 0.1) is 11.3 Å². The van der Waals surface area contributed by atoms with E-state index in [1.54, 1.807) is 28.8 Å². The molecule has 0 saturated carbocycles. The van der Waals surface area contributed by atoms with Crippen LogP contribution in [0.3, 0.4) is 0 Å². The number of fused-ring (bicyclic) bond motifs is 2. The molecule has 0 amide bonds. The van der Waals surface area contributed by atoms with Crippen LogP contribution in [0.5, 0.6) is 5.75 Å². The second-order valence-corrected chi connectivity index (χ2v) is 16.2. The second kappa shape index (κ2) is 13.0. The number of rotatable bonds is 11. The van der Waals surface area contributed by atoms with Gasteiger partial charge >= 0.3 is 12.6 Å². The lowest BCUT2D eigenvalue weighted by Crippen LogP contribution is -2.38. The quantitative estimate of drug-likeness (QED) is 0.148. The number of carbonyl (C=O) groups excluding carboxylic acids is 1. The first kappa shape index (κ1) is 33.9. The number of ether oxygens (including phenoxy) is 2. The van der Waals surface area contributed by atoms with Gasteiger partial charge in [0.15, 0.2) is 17.0 Å². The molecule has 0 radical (unpaired) electrons. The highest BCUT2D eigenvalue weighted by Gasteiger charge is 2.48. The Labute approximate surface area is 273 Å². The average molecular weight is 674 g/mol. The molecule has 1 saturated heterocycles. The maximum Gasteiger partial charge on any atom is 0.323 e. The van der Waals surface area contributed by atoms with Gasteiger partial charge in [-0.15, -0.1) is 0 Å². The van der Waals surface area contributed by atoms with Crippen LogP contribution < -0.4 is 20.2 Å². The fraction of sp³-hybridized carbons (Fsp3) is 0.484. The van der Waals surface area contributed by atoms with Crippen molar-refractivity contribution in [3.8, 4) is 5.75 Å². The summed E-state index contributed by atoms with van der Waals surface area (Å²) in [6.07, 6.45) is 0.768. The van der Waals surface area contributed by atoms with E-state index in [-0.39, 0.29) is 30.3 Å². The predicted molar refractivity (Wildman–Crippen MR) is 180 cm³/mol. The van der Waals surface area contributed by atoms with Crippen LogP contribution in [0.4, 0.5) is 16.2 Å². The van der Waals surface area contributed by atoms with E-state index in [0.29, 0.717) is 22.7 Å². The van der Waals surface area contributed by atoms with Crippen molar-refractivity contribution in [1.29, 1.82) is 0 Å². The van der Waals surface area contributed by atoms with Gasteiger partial charge < -0.3 is 29.2 Å². The van der Waals surface area contributed by atoms with Gasteiger partial charge in [0.25, 0.3) is 0 Å². The number of nitrogens with one attached hydrogen (secondary N) is 1. The fourth-order valence-corrected chi connectivity index (χ4v) is 7.59. The minimum absolute atomic E-state index is 0.00871. The zero-order valence-corrected chi connectivity index (χ0v) is 28.8. The van der Waals surface area contributed by atoms with Gasteiger partial charge in [-0.05, 0) is 35.6 Å². The van der Waals surface area contributed by atoms with E-state index in [2.05, 4.69) is 20.0 Å². The van der Waals surface area contributed by atoms with Gasteiger partial charge in [-0.1, -0.05) is 64.1 Å². The Morgan fingerprint density at radius 2 is 1.98 bits per heavy atom. The summed E-state index contributed by atoms with van der Waals surface area (Å²) in [5, 5.41) is 4.73. The number of nitrogens with two attached hydrogens (primary N) is 1. The lowest BCUT2D eigenvalue weighted by Gasteiger charge is -2.30. The summed E-state index contributed by atoms with van der Waals surface area (Å²) in [4.78, 5) is 27.8. The van der Waals surface area contributed by atoms with E-state index < -0.39 is 37.3 Å². The fourth-order valence-electron chi connectivity index (χ4n) is 5.18. The molecule has 4 aromatic rings. The third-order valence-corrected chi connectivity index (χ3v) is 9.80. The monoisotopic (exact) mass is 673 g/mol. The molecule has 248 valence electrons. The number of nitrogens with zero attached hydrogens (tertiary/aromatic N) is 5. The Kier molecular flexibility index (Phi) is 9.59. The summed E-state index contributed by atoms with van der Waals surface area (Å²) in [6, 6.07) is 12.3. The first-order chi connectivity index (χ1) is 21.6. The molecule has 0 bridgehead atoms. The molecule has 0 aliphatic carbocycles. The van der Waals surface area contributed by atoms with Crippen LogP contribution in [0.25, 0.3) is 21.9 Å². The van der Waals surface area contributed by atoms with Gasteiger partial charge in [-0.2, -0.15) is 9.97 Å². The number of nitrogen functional groups attached to an aromatic ring is 1. The molecular formula is C31H41FN7O5PS. The number of halogens is 1. The maximum atomic E-state index is 16.5. The van der Waals surface area contributed by atoms with Crippen molar-refractivity contribution in [2.75, 3.05) is 37.9 Å². The highest BCUT2D eigenvalue weighted by molar-refractivity contribution is 8.09. The van der Waals surface area contributed by atoms with Crippen LogP contribution in [0.15, 0.2) is 48.8 Å². The molecule has 0 spiro atoms. The van der Waals surface area contributed by atoms with E-state index in [9.17, 15) is 4.79 Å². The van der Waals surface area contributed by atoms with Crippen molar-refractivity contribution in [1.82, 2.24) is 24.6 Å². The summed E-state index contributed by atoms with van der Waals surface area (Å²) in [6.45, 7) is 5.43. The molecule has 15 heteroatoms. The normalized spacial score (nSPS) is 22.1. The van der Waals surface area contributed by atoms with Crippen molar-refractivity contribution in [2.24, 2.45) is 11.3 Å². The summed E-state index contributed by atoms with van der Waals surface area (Å²) in [5.74, 6) is -2.04. The minimum atomic E-state index is -3.58. The minimum Gasteiger partial charge on any atom is -0.464 e. The molecule has 1 aliphatic heterocycles. The molecule has 1 aliphatic rings. The van der Waals surface area contributed by atoms with Crippen molar-refractivity contribution in [2.45, 2.75) is 59.2 Å². The lowest BCUT2D eigenvalue weighted by molar-refractivity contribution is -0.172. The first-order valence-corrected chi connectivity index (χ1v) is 17.6. The third-order valence-electron chi connectivity index (χ3n) is 7.33. The van der Waals surface area contributed by atoms with E-state index >= 15 is 4.39 Å². The molecular weight excluding hydrogens is 632 g/mol. The number of benzene rings is 2. The van der Waals surface area contributed by atoms with Crippen molar-refractivity contribution in [3.63, 3.8) is 0 Å². The van der Waals surface area contributed by atoms with Crippen molar-refractivity contribution >= 4 is 58.1 Å². The molecule has 5 atom stereocenters. The molecule has 1 unspecified atom stereocenters. The number of hydrogen-bond acceptors (Lipinski definition) is 11. The zero-order chi connectivity index (χ0) is 33.4. The predicted octanol–water partition coefficient (Wildman–Crippen LogP) is 5.74. The topological polar surface area (TPSA) is 139 Å². The lowest BCUT2D eigenvalue weighted by atomic mass is 9.99. The smallest absolute Gasteiger partial charge is 0.323 e. The summed E-state index contributed by atoms with van der Waals surface area (Å²) >= 11 is 5.91. The number of anilines is 2. The van der Waals surface area contributed by atoms with Crippen molar-refractivity contribution < 1.29 is 27.7 Å². The van der Waals surface area contributed by atoms with Crippen LogP contribution >= 0.6 is 6.64 Å². The standard InChI is InChI=1S/C31H41FN7O5PS/c1-19-15-31(32,43-27(19)39-18-34-24-25(38(6)7)35-29(33)36-26(24)39)17-42-45(46,37-20(2)28(40)41-16-30(3,4)5)44-23-14-10-12-21-11-8-9-13-22(21)23/h8-14,18-20,27H,15-17H2,1-7H3,(H,37,46)(H2,33,35,36)/t19-,20-,27+,31-,45?/m0/s1. The zero-order valence-electron chi connectivity index (χ0n) is 27.1. The van der Waals surface area contributed by atoms with E-state index in [0.717, 1.165) is 10.8 Å². The first-order valence-electron chi connectivity index (χ1n) is 15.0. The Hall–Kier alpha value is -3.42. The molecule has 2 aromatic carbocycles. The number of esters is 1. The maximum absolute atomic E-state index is 16.5. The Morgan fingerprint density at radius 1 is 1.26 bits per heavy atom. The average Bonchev–Trinajstić information content (AvgIpc) is 3.53. The second-order valence-electron chi connectivity index (χ2n) is 13.1. The Morgan fingerprint density at radius 3 is 2.70 bits per heavy atom. The number of hydrogen-bond donors (Lipinski definition) is 2. The number of imidazole rings is 1. The van der Waals surface area contributed by atoms with Crippen LogP contribution in [-0.4, -0.2) is 64.7 Å². The summed E-state index contributed by atoms with van der Waals surface area (Å²) in [5.41, 5.74) is 6.69. The molecule has 5 rings (SSSR count). The van der Waals surface area contributed by atoms with Crippen LogP contribution in [0.1, 0.15) is 47.3 Å². The van der Waals surface area contributed by atoms with E-state index in [4.69, 9.17) is 36.1 Å². The molecule has 46 heavy (non-hydrogen) atoms. The molecule has 2 aromatic heterocycles. The highest BCUT2D eigenvalue weighted by atomic mass is 32.5. The van der Waals surface area contributed by atoms with Gasteiger partial charge in [0.2, 0.25) is 11.8 Å². The largest absolute Gasteiger partial charge is 0.464 e. The molecule has 12 nitrogen and oxygen atoms in total. The van der Waals surface area contributed by atoms with Gasteiger partial charge in [0, 0.05) is 31.8 Å². The molecule has 3 N–H and O–H groups in total. The summed E-state index contributed by atoms with van der Waals surface area (Å²) < 4.78 is 42.1. The van der Waals surface area contributed by atoms with Gasteiger partial charge in [0.1, 0.15) is 24.6 Å². The number of alkyl halides is 1. The van der Waals surface area contributed by atoms with Gasteiger partial charge in [-0.3, -0.25) is 9.36 Å². The number of carbonyl (C=O) groups is 1. The highest BCUT2D eigenvalue weighted by Crippen LogP contribution is 2.51. The van der Waals surface area contributed by atoms with E-state index in [1.165, 1.54) is 0 Å². The van der Waals surface area contributed by atoms with Gasteiger partial charge in [0.05, 0.1) is 12.9 Å². The number of aromatic nitrogens is 4. The SMILES string of the molecule is C[C@H](NP(=S)(OC[C@]1(F)C[C@H](C)[C@H](n2cnc3c(N(C)C)nc(N)nc32)O1)Oc1cccc2ccccc12)C(=O)OCC(C)(C)C. The Balaban J connectivity index is 1.39. The van der Waals surface area contributed by atoms with Gasteiger partial charge in [-0.25, -0.2) is 14.5 Å². The summed E-state index contributed by atoms with van der Waals surface area (Å²) in [7, 11) is 3.64. The van der Waals surface area contributed by atoms with Crippen LogP contribution in [0.2, 0.25) is 0 Å². The molecule has 3 heterocycles.